The summed E-state index contributed by atoms with van der Waals surface area (Å²) in [6.07, 6.45) is 1.71. The van der Waals surface area contributed by atoms with Crippen LogP contribution in [0.1, 0.15) is 26.3 Å². The molecule has 0 saturated heterocycles. The smallest absolute Gasteiger partial charge is 0.236 e. The van der Waals surface area contributed by atoms with Crippen molar-refractivity contribution in [2.24, 2.45) is 0 Å². The summed E-state index contributed by atoms with van der Waals surface area (Å²) in [5.41, 5.74) is 1.02. The molecule has 4 heteroatoms. The van der Waals surface area contributed by atoms with Crippen molar-refractivity contribution < 1.29 is 9.53 Å². The first-order valence-corrected chi connectivity index (χ1v) is 7.13. The third-order valence-corrected chi connectivity index (χ3v) is 2.91. The van der Waals surface area contributed by atoms with E-state index in [1.54, 1.807) is 11.0 Å². The standard InChI is InChI=1S/C17H26N2O2/c1-6-11-21-15-9-7-14(8-10-15)13-19(5)16(20)12-18-17(2,3)4/h6-10,18H,1,11-13H2,2-5H3. The second-order valence-electron chi connectivity index (χ2n) is 6.10. The van der Waals surface area contributed by atoms with E-state index in [1.807, 2.05) is 52.1 Å². The van der Waals surface area contributed by atoms with Gasteiger partial charge in [-0.2, -0.15) is 0 Å². The number of benzene rings is 1. The molecule has 1 N–H and O–H groups in total. The van der Waals surface area contributed by atoms with Crippen LogP contribution >= 0.6 is 0 Å². The molecule has 1 aromatic rings. The lowest BCUT2D eigenvalue weighted by molar-refractivity contribution is -0.129. The van der Waals surface area contributed by atoms with E-state index in [0.717, 1.165) is 11.3 Å². The van der Waals surface area contributed by atoms with Gasteiger partial charge < -0.3 is 15.0 Å². The van der Waals surface area contributed by atoms with E-state index in [-0.39, 0.29) is 11.4 Å². The van der Waals surface area contributed by atoms with E-state index in [9.17, 15) is 4.79 Å². The Morgan fingerprint density at radius 3 is 2.48 bits per heavy atom. The number of carbonyl (C=O) groups is 1. The van der Waals surface area contributed by atoms with Crippen molar-refractivity contribution in [2.75, 3.05) is 20.2 Å². The highest BCUT2D eigenvalue weighted by Crippen LogP contribution is 2.13. The zero-order valence-corrected chi connectivity index (χ0v) is 13.5. The van der Waals surface area contributed by atoms with E-state index in [4.69, 9.17) is 4.74 Å². The van der Waals surface area contributed by atoms with Gasteiger partial charge in [0, 0.05) is 19.1 Å². The molecule has 0 atom stereocenters. The third kappa shape index (κ3) is 6.95. The summed E-state index contributed by atoms with van der Waals surface area (Å²) in [4.78, 5) is 13.8. The Bertz CT molecular complexity index is 461. The van der Waals surface area contributed by atoms with Gasteiger partial charge in [-0.3, -0.25) is 4.79 Å². The highest BCUT2D eigenvalue weighted by Gasteiger charge is 2.14. The maximum absolute atomic E-state index is 12.0. The zero-order valence-electron chi connectivity index (χ0n) is 13.5. The van der Waals surface area contributed by atoms with Gasteiger partial charge >= 0.3 is 0 Å². The molecule has 1 rings (SSSR count). The van der Waals surface area contributed by atoms with Crippen LogP contribution in [-0.2, 0) is 11.3 Å². The molecule has 4 nitrogen and oxygen atoms in total. The molecular weight excluding hydrogens is 264 g/mol. The van der Waals surface area contributed by atoms with Gasteiger partial charge in [0.05, 0.1) is 6.54 Å². The summed E-state index contributed by atoms with van der Waals surface area (Å²) in [5.74, 6) is 0.888. The lowest BCUT2D eigenvalue weighted by Gasteiger charge is -2.23. The molecule has 0 spiro atoms. The van der Waals surface area contributed by atoms with Crippen molar-refractivity contribution >= 4 is 5.91 Å². The molecule has 0 aliphatic carbocycles. The minimum absolute atomic E-state index is 0.0549. The van der Waals surface area contributed by atoms with E-state index in [2.05, 4.69) is 11.9 Å². The average Bonchev–Trinajstić information content (AvgIpc) is 2.43. The summed E-state index contributed by atoms with van der Waals surface area (Å²) in [7, 11) is 1.81. The molecular formula is C17H26N2O2. The summed E-state index contributed by atoms with van der Waals surface area (Å²) >= 11 is 0. The highest BCUT2D eigenvalue weighted by atomic mass is 16.5. The maximum atomic E-state index is 12.0. The second-order valence-corrected chi connectivity index (χ2v) is 6.10. The van der Waals surface area contributed by atoms with E-state index >= 15 is 0 Å². The van der Waals surface area contributed by atoms with Gasteiger partial charge in [0.2, 0.25) is 5.91 Å². The number of hydrogen-bond acceptors (Lipinski definition) is 3. The van der Waals surface area contributed by atoms with E-state index in [1.165, 1.54) is 0 Å². The number of nitrogens with zero attached hydrogens (tertiary/aromatic N) is 1. The van der Waals surface area contributed by atoms with Gasteiger partial charge in [-0.15, -0.1) is 0 Å². The van der Waals surface area contributed by atoms with Crippen molar-refractivity contribution in [3.05, 3.63) is 42.5 Å². The number of hydrogen-bond donors (Lipinski definition) is 1. The summed E-state index contributed by atoms with van der Waals surface area (Å²) in [5, 5.41) is 3.20. The Balaban J connectivity index is 2.48. The fourth-order valence-corrected chi connectivity index (χ4v) is 1.68. The lowest BCUT2D eigenvalue weighted by Crippen LogP contribution is -2.43. The number of rotatable bonds is 7. The SMILES string of the molecule is C=CCOc1ccc(CN(C)C(=O)CNC(C)(C)C)cc1. The quantitative estimate of drug-likeness (QED) is 0.785. The van der Waals surface area contributed by atoms with Gasteiger partial charge in [-0.1, -0.05) is 24.8 Å². The largest absolute Gasteiger partial charge is 0.490 e. The zero-order chi connectivity index (χ0) is 15.9. The normalized spacial score (nSPS) is 11.0. The van der Waals surface area contributed by atoms with Crippen LogP contribution in [0.25, 0.3) is 0 Å². The third-order valence-electron chi connectivity index (χ3n) is 2.91. The number of amides is 1. The topological polar surface area (TPSA) is 41.6 Å². The predicted molar refractivity (Wildman–Crippen MR) is 86.4 cm³/mol. The molecule has 0 aliphatic rings. The first-order valence-electron chi connectivity index (χ1n) is 7.13. The summed E-state index contributed by atoms with van der Waals surface area (Å²) in [6, 6.07) is 7.76. The van der Waals surface area contributed by atoms with Crippen molar-refractivity contribution in [2.45, 2.75) is 32.9 Å². The average molecular weight is 290 g/mol. The molecule has 0 bridgehead atoms. The van der Waals surface area contributed by atoms with Crippen molar-refractivity contribution in [3.8, 4) is 5.75 Å². The number of ether oxygens (including phenoxy) is 1. The van der Waals surface area contributed by atoms with Crippen LogP contribution in [0.3, 0.4) is 0 Å². The van der Waals surface area contributed by atoms with Crippen LogP contribution in [0.2, 0.25) is 0 Å². The van der Waals surface area contributed by atoms with Crippen molar-refractivity contribution in [1.82, 2.24) is 10.2 Å². The molecule has 21 heavy (non-hydrogen) atoms. The van der Waals surface area contributed by atoms with Crippen LogP contribution in [0.5, 0.6) is 5.75 Å². The monoisotopic (exact) mass is 290 g/mol. The van der Waals surface area contributed by atoms with Crippen LogP contribution < -0.4 is 10.1 Å². The Labute approximate surface area is 127 Å². The second kappa shape index (κ2) is 7.84. The maximum Gasteiger partial charge on any atom is 0.236 e. The molecule has 0 aromatic heterocycles. The molecule has 0 heterocycles. The Morgan fingerprint density at radius 1 is 1.33 bits per heavy atom. The summed E-state index contributed by atoms with van der Waals surface area (Å²) in [6.45, 7) is 11.2. The van der Waals surface area contributed by atoms with Gasteiger partial charge in [0.1, 0.15) is 12.4 Å². The van der Waals surface area contributed by atoms with E-state index in [0.29, 0.717) is 19.7 Å². The van der Waals surface area contributed by atoms with Gasteiger partial charge in [-0.05, 0) is 38.5 Å². The minimum Gasteiger partial charge on any atom is -0.490 e. The first kappa shape index (κ1) is 17.2. The minimum atomic E-state index is -0.0549. The first-order chi connectivity index (χ1) is 9.81. The highest BCUT2D eigenvalue weighted by molar-refractivity contribution is 5.78. The van der Waals surface area contributed by atoms with Crippen LogP contribution in [0.15, 0.2) is 36.9 Å². The fraction of sp³-hybridized carbons (Fsp3) is 0.471. The van der Waals surface area contributed by atoms with Gasteiger partial charge in [0.15, 0.2) is 0 Å². The fourth-order valence-electron chi connectivity index (χ4n) is 1.68. The molecule has 116 valence electrons. The van der Waals surface area contributed by atoms with Crippen LogP contribution in [0, 0.1) is 0 Å². The van der Waals surface area contributed by atoms with Crippen LogP contribution in [0.4, 0.5) is 0 Å². The Hall–Kier alpha value is -1.81. The molecule has 0 radical (unpaired) electrons. The Kier molecular flexibility index (Phi) is 6.43. The Morgan fingerprint density at radius 2 is 1.95 bits per heavy atom. The number of nitrogens with one attached hydrogen (secondary N) is 1. The molecule has 0 saturated carbocycles. The molecule has 0 unspecified atom stereocenters. The van der Waals surface area contributed by atoms with E-state index < -0.39 is 0 Å². The predicted octanol–water partition coefficient (Wildman–Crippen LogP) is 2.60. The van der Waals surface area contributed by atoms with Crippen LogP contribution in [-0.4, -0.2) is 36.5 Å². The lowest BCUT2D eigenvalue weighted by atomic mass is 10.1. The number of likely N-dealkylation sites (N-methyl/N-ethyl adjacent to an activating group) is 1. The number of carbonyl (C=O) groups excluding carboxylic acids is 1. The van der Waals surface area contributed by atoms with Gasteiger partial charge in [0.25, 0.3) is 0 Å². The van der Waals surface area contributed by atoms with Gasteiger partial charge in [-0.25, -0.2) is 0 Å². The van der Waals surface area contributed by atoms with Crippen molar-refractivity contribution in [3.63, 3.8) is 0 Å². The molecule has 1 amide bonds. The molecule has 0 fully saturated rings. The molecule has 0 aliphatic heterocycles. The van der Waals surface area contributed by atoms with Crippen molar-refractivity contribution in [1.29, 1.82) is 0 Å². The molecule has 1 aromatic carbocycles. The summed E-state index contributed by atoms with van der Waals surface area (Å²) < 4.78 is 5.43.